The zero-order valence-electron chi connectivity index (χ0n) is 6.87. The van der Waals surface area contributed by atoms with Crippen molar-refractivity contribution < 1.29 is 14.4 Å². The van der Waals surface area contributed by atoms with Crippen LogP contribution < -0.4 is 17.2 Å². The summed E-state index contributed by atoms with van der Waals surface area (Å²) < 4.78 is 0. The van der Waals surface area contributed by atoms with Gasteiger partial charge in [-0.3, -0.25) is 30.8 Å². The highest BCUT2D eigenvalue weighted by molar-refractivity contribution is 5.81. The molecule has 0 saturated carbocycles. The number of nitrogens with one attached hydrogen (secondary N) is 2. The molecule has 7 heteroatoms. The highest BCUT2D eigenvalue weighted by atomic mass is 16.2. The van der Waals surface area contributed by atoms with Crippen molar-refractivity contribution in [1.82, 2.24) is 16.4 Å². The molecule has 0 aromatic rings. The minimum absolute atomic E-state index is 0.296. The molecular weight excluding hydrogens is 176 g/mol. The Morgan fingerprint density at radius 3 is 1.62 bits per heavy atom. The van der Waals surface area contributed by atoms with E-state index in [1.54, 1.807) is 0 Å². The first kappa shape index (κ1) is 11.4. The summed E-state index contributed by atoms with van der Waals surface area (Å²) in [6.45, 7) is -1.03. The van der Waals surface area contributed by atoms with Gasteiger partial charge in [0.1, 0.15) is 0 Å². The number of hydrogen-bond acceptors (Lipinski definition) is 4. The summed E-state index contributed by atoms with van der Waals surface area (Å²) in [5, 5.41) is 0. The first-order chi connectivity index (χ1) is 5.91. The summed E-state index contributed by atoms with van der Waals surface area (Å²) in [5.74, 6) is -2.56. The average molecular weight is 186 g/mol. The summed E-state index contributed by atoms with van der Waals surface area (Å²) in [6, 6.07) is 0. The van der Waals surface area contributed by atoms with Gasteiger partial charge < -0.3 is 5.73 Å². The van der Waals surface area contributed by atoms with Gasteiger partial charge in [-0.15, -0.1) is 0 Å². The van der Waals surface area contributed by atoms with E-state index >= 15 is 0 Å². The fourth-order valence-electron chi connectivity index (χ4n) is 0.794. The van der Waals surface area contributed by atoms with E-state index in [9.17, 15) is 14.4 Å². The van der Waals surface area contributed by atoms with Crippen LogP contribution in [0.4, 0.5) is 0 Å². The lowest BCUT2D eigenvalue weighted by atomic mass is 10.4. The lowest BCUT2D eigenvalue weighted by molar-refractivity contribution is -0.124. The summed E-state index contributed by atoms with van der Waals surface area (Å²) in [6.07, 6.45) is 0. The quantitative estimate of drug-likeness (QED) is 0.487. The van der Waals surface area contributed by atoms with Crippen molar-refractivity contribution in [2.24, 2.45) is 5.73 Å². The normalized spacial score (nSPS) is 9.92. The topological polar surface area (TPSA) is 128 Å². The third-order valence-electron chi connectivity index (χ3n) is 1.11. The Balaban J connectivity index is 4.10. The van der Waals surface area contributed by atoms with Crippen LogP contribution in [0.5, 0.6) is 0 Å². The van der Waals surface area contributed by atoms with Crippen LogP contribution in [0.1, 0.15) is 0 Å². The van der Waals surface area contributed by atoms with Crippen molar-refractivity contribution in [1.29, 1.82) is 0 Å². The van der Waals surface area contributed by atoms with Gasteiger partial charge >= 0.3 is 0 Å². The minimum Gasteiger partial charge on any atom is -0.369 e. The number of hydrogen-bond donors (Lipinski definition) is 1. The summed E-state index contributed by atoms with van der Waals surface area (Å²) >= 11 is 0. The van der Waals surface area contributed by atoms with Crippen LogP contribution in [0.15, 0.2) is 0 Å². The molecule has 0 aliphatic carbocycles. The monoisotopic (exact) mass is 186 g/mol. The number of carbonyl (C=O) groups is 3. The molecule has 72 valence electrons. The van der Waals surface area contributed by atoms with E-state index in [4.69, 9.17) is 17.2 Å². The molecule has 0 spiro atoms. The Morgan fingerprint density at radius 2 is 1.38 bits per heavy atom. The van der Waals surface area contributed by atoms with Crippen LogP contribution in [0.3, 0.4) is 0 Å². The predicted molar refractivity (Wildman–Crippen MR) is 41.8 cm³/mol. The summed E-state index contributed by atoms with van der Waals surface area (Å²) in [4.78, 5) is 32.1. The number of rotatable bonds is 6. The van der Waals surface area contributed by atoms with Gasteiger partial charge in [-0.1, -0.05) is 0 Å². The van der Waals surface area contributed by atoms with Crippen LogP contribution in [0.25, 0.3) is 0 Å². The van der Waals surface area contributed by atoms with Crippen LogP contribution in [-0.4, -0.2) is 42.3 Å². The highest BCUT2D eigenvalue weighted by Gasteiger charge is 2.13. The lowest BCUT2D eigenvalue weighted by Crippen LogP contribution is -2.40. The van der Waals surface area contributed by atoms with Crippen molar-refractivity contribution >= 4 is 17.7 Å². The Labute approximate surface area is 74.8 Å². The van der Waals surface area contributed by atoms with Gasteiger partial charge in [-0.05, 0) is 0 Å². The van der Waals surface area contributed by atoms with E-state index in [0.29, 0.717) is 0 Å². The number of carbonyl (C=O) groups excluding carboxylic acids is 3. The molecule has 13 heavy (non-hydrogen) atoms. The second kappa shape index (κ2) is 5.09. The molecular formula is C6H10N4O3. The molecule has 2 radical (unpaired) electrons. The molecule has 0 aliphatic heterocycles. The smallest absolute Gasteiger partial charge is 0.252 e. The zero-order valence-corrected chi connectivity index (χ0v) is 6.87. The molecule has 0 fully saturated rings. The molecule has 4 N–H and O–H groups in total. The molecule has 7 nitrogen and oxygen atoms in total. The lowest BCUT2D eigenvalue weighted by Gasteiger charge is -2.15. The second-order valence-corrected chi connectivity index (χ2v) is 2.46. The van der Waals surface area contributed by atoms with E-state index in [0.717, 1.165) is 4.90 Å². The molecule has 0 aromatic heterocycles. The minimum atomic E-state index is -0.928. The summed E-state index contributed by atoms with van der Waals surface area (Å²) in [7, 11) is 0. The van der Waals surface area contributed by atoms with Crippen molar-refractivity contribution in [3.05, 3.63) is 0 Å². The first-order valence-corrected chi connectivity index (χ1v) is 3.41. The molecule has 0 aromatic carbocycles. The molecule has 0 aliphatic rings. The number of nitrogens with two attached hydrogens (primary N) is 1. The van der Waals surface area contributed by atoms with E-state index in [-0.39, 0.29) is 19.6 Å². The fourth-order valence-corrected chi connectivity index (χ4v) is 0.794. The maximum atomic E-state index is 10.4. The number of primary amides is 1. The van der Waals surface area contributed by atoms with Crippen LogP contribution >= 0.6 is 0 Å². The van der Waals surface area contributed by atoms with E-state index in [1.165, 1.54) is 0 Å². The average Bonchev–Trinajstić information content (AvgIpc) is 1.80. The predicted octanol–water partition coefficient (Wildman–Crippen LogP) is -2.61. The number of amides is 3. The third kappa shape index (κ3) is 6.76. The largest absolute Gasteiger partial charge is 0.369 e. The molecule has 3 amide bonds. The van der Waals surface area contributed by atoms with Gasteiger partial charge in [0.05, 0.1) is 19.6 Å². The van der Waals surface area contributed by atoms with Gasteiger partial charge in [0.25, 0.3) is 11.8 Å². The Morgan fingerprint density at radius 1 is 1.00 bits per heavy atom. The summed E-state index contributed by atoms with van der Waals surface area (Å²) in [5.41, 5.74) is 18.0. The van der Waals surface area contributed by atoms with E-state index in [2.05, 4.69) is 0 Å². The van der Waals surface area contributed by atoms with Crippen LogP contribution in [0, 0.1) is 0 Å². The molecule has 0 unspecified atom stereocenters. The van der Waals surface area contributed by atoms with Crippen molar-refractivity contribution in [3.8, 4) is 0 Å². The molecule has 0 rings (SSSR count). The van der Waals surface area contributed by atoms with E-state index in [1.807, 2.05) is 0 Å². The molecule has 0 bridgehead atoms. The van der Waals surface area contributed by atoms with Crippen LogP contribution in [0.2, 0.25) is 0 Å². The Hall–Kier alpha value is -1.63. The maximum absolute atomic E-state index is 10.4. The zero-order chi connectivity index (χ0) is 10.4. The van der Waals surface area contributed by atoms with Gasteiger partial charge in [-0.2, -0.15) is 0 Å². The number of nitrogens with zero attached hydrogens (tertiary/aromatic N) is 1. The third-order valence-corrected chi connectivity index (χ3v) is 1.11. The molecule has 0 saturated heterocycles. The van der Waals surface area contributed by atoms with Gasteiger partial charge in [0, 0.05) is 0 Å². The van der Waals surface area contributed by atoms with Crippen molar-refractivity contribution in [2.45, 2.75) is 0 Å². The van der Waals surface area contributed by atoms with Crippen molar-refractivity contribution in [3.63, 3.8) is 0 Å². The second-order valence-electron chi connectivity index (χ2n) is 2.46. The standard InChI is InChI=1S/C6H10N4O3/c7-4(11)1-10(2-5(8)12)3-6(9)13/h7-8H,1-3H2,(H2,9,13). The molecule has 0 atom stereocenters. The maximum Gasteiger partial charge on any atom is 0.252 e. The SMILES string of the molecule is [NH]C(=O)CN(CC([NH])=O)CC(N)=O. The van der Waals surface area contributed by atoms with E-state index < -0.39 is 17.7 Å². The Kier molecular flexibility index (Phi) is 4.45. The van der Waals surface area contributed by atoms with Gasteiger partial charge in [0.2, 0.25) is 5.91 Å². The van der Waals surface area contributed by atoms with Gasteiger partial charge in [-0.25, -0.2) is 0 Å². The van der Waals surface area contributed by atoms with Gasteiger partial charge in [0.15, 0.2) is 0 Å². The Bertz CT molecular complexity index is 190. The van der Waals surface area contributed by atoms with Crippen molar-refractivity contribution in [2.75, 3.05) is 19.6 Å². The fraction of sp³-hybridized carbons (Fsp3) is 0.500. The first-order valence-electron chi connectivity index (χ1n) is 3.41. The van der Waals surface area contributed by atoms with Crippen LogP contribution in [-0.2, 0) is 14.4 Å². The molecule has 0 heterocycles. The highest BCUT2D eigenvalue weighted by Crippen LogP contribution is 1.86.